The number of aliphatic hydroxyl groups excluding tert-OH is 1. The lowest BCUT2D eigenvalue weighted by molar-refractivity contribution is -0.151. The highest BCUT2D eigenvalue weighted by Gasteiger charge is 2.56. The summed E-state index contributed by atoms with van der Waals surface area (Å²) in [4.78, 5) is 29.0. The highest BCUT2D eigenvalue weighted by molar-refractivity contribution is 5.15. The molecule has 11 heteroatoms. The fourth-order valence-electron chi connectivity index (χ4n) is 4.05. The van der Waals surface area contributed by atoms with Gasteiger partial charge in [-0.2, -0.15) is 0 Å². The quantitative estimate of drug-likeness (QED) is 0.259. The lowest BCUT2D eigenvalue weighted by Crippen LogP contribution is -2.51. The Morgan fingerprint density at radius 3 is 2.34 bits per heavy atom. The van der Waals surface area contributed by atoms with Crippen LogP contribution in [-0.2, 0) is 27.4 Å². The Labute approximate surface area is 200 Å². The van der Waals surface area contributed by atoms with Crippen molar-refractivity contribution in [1.82, 2.24) is 9.55 Å². The summed E-state index contributed by atoms with van der Waals surface area (Å²) in [6.45, 7) is 0.0678. The van der Waals surface area contributed by atoms with Gasteiger partial charge in [0.1, 0.15) is 17.8 Å². The summed E-state index contributed by atoms with van der Waals surface area (Å²) in [5.74, 6) is 0. The van der Waals surface area contributed by atoms with Crippen LogP contribution in [0.3, 0.4) is 0 Å². The SMILES string of the molecule is [N-]=[N+]=NC[C@]1(COCc2ccccc2)O[C@@H](n2ccc(=O)[nH]c2=O)[C@H](O)[C@@H]1OCc1ccccc1. The molecule has 0 saturated carbocycles. The second-order valence-electron chi connectivity index (χ2n) is 8.17. The van der Waals surface area contributed by atoms with E-state index in [-0.39, 0.29) is 26.4 Å². The maximum atomic E-state index is 12.4. The molecule has 4 rings (SSSR count). The number of rotatable bonds is 10. The molecule has 1 aliphatic rings. The molecule has 2 heterocycles. The van der Waals surface area contributed by atoms with Gasteiger partial charge >= 0.3 is 5.69 Å². The first-order chi connectivity index (χ1) is 17.0. The number of H-pyrrole nitrogens is 1. The van der Waals surface area contributed by atoms with Gasteiger partial charge in [0.25, 0.3) is 5.56 Å². The van der Waals surface area contributed by atoms with Gasteiger partial charge < -0.3 is 19.3 Å². The number of ether oxygens (including phenoxy) is 3. The number of aromatic amines is 1. The smallest absolute Gasteiger partial charge is 0.330 e. The van der Waals surface area contributed by atoms with Crippen molar-refractivity contribution in [2.24, 2.45) is 5.11 Å². The van der Waals surface area contributed by atoms with Crippen LogP contribution in [0.25, 0.3) is 10.4 Å². The van der Waals surface area contributed by atoms with Gasteiger partial charge in [0.2, 0.25) is 0 Å². The second kappa shape index (κ2) is 11.1. The number of benzene rings is 2. The number of nitrogens with one attached hydrogen (secondary N) is 1. The molecule has 0 radical (unpaired) electrons. The number of hydrogen-bond donors (Lipinski definition) is 2. The van der Waals surface area contributed by atoms with Crippen LogP contribution in [0.2, 0.25) is 0 Å². The van der Waals surface area contributed by atoms with E-state index < -0.39 is 35.3 Å². The largest absolute Gasteiger partial charge is 0.386 e. The molecule has 11 nitrogen and oxygen atoms in total. The summed E-state index contributed by atoms with van der Waals surface area (Å²) in [6, 6.07) is 19.9. The van der Waals surface area contributed by atoms with E-state index in [1.165, 1.54) is 6.20 Å². The van der Waals surface area contributed by atoms with E-state index >= 15 is 0 Å². The zero-order valence-electron chi connectivity index (χ0n) is 18.8. The van der Waals surface area contributed by atoms with Crippen LogP contribution in [0.1, 0.15) is 17.4 Å². The van der Waals surface area contributed by atoms with E-state index in [4.69, 9.17) is 19.7 Å². The van der Waals surface area contributed by atoms with Crippen molar-refractivity contribution in [2.45, 2.75) is 37.3 Å². The minimum absolute atomic E-state index is 0.0912. The third-order valence-electron chi connectivity index (χ3n) is 5.73. The van der Waals surface area contributed by atoms with Gasteiger partial charge in [0, 0.05) is 17.2 Å². The summed E-state index contributed by atoms with van der Waals surface area (Å²) < 4.78 is 19.3. The first kappa shape index (κ1) is 24.4. The van der Waals surface area contributed by atoms with E-state index in [9.17, 15) is 14.7 Å². The minimum atomic E-state index is -1.41. The Hall–Kier alpha value is -3.73. The first-order valence-electron chi connectivity index (χ1n) is 11.0. The highest BCUT2D eigenvalue weighted by Crippen LogP contribution is 2.40. The van der Waals surface area contributed by atoms with Gasteiger partial charge in [-0.15, -0.1) is 0 Å². The summed E-state index contributed by atoms with van der Waals surface area (Å²) in [5, 5.41) is 14.9. The standard InChI is InChI=1S/C24H25N5O6/c25-28-26-15-24(16-33-13-17-7-3-1-4-8-17)21(34-14-18-9-5-2-6-10-18)20(31)22(35-24)29-12-11-19(30)27-23(29)32/h1-12,20-22,31H,13-16H2,(H,27,30,32)/t20-,21+,22-,24-/m1/s1. The van der Waals surface area contributed by atoms with E-state index in [0.717, 1.165) is 21.8 Å². The molecule has 1 aromatic heterocycles. The van der Waals surface area contributed by atoms with Crippen molar-refractivity contribution in [3.8, 4) is 0 Å². The zero-order chi connectivity index (χ0) is 24.7. The molecule has 0 amide bonds. The van der Waals surface area contributed by atoms with Crippen molar-refractivity contribution in [1.29, 1.82) is 0 Å². The van der Waals surface area contributed by atoms with E-state index in [2.05, 4.69) is 15.0 Å². The fourth-order valence-corrected chi connectivity index (χ4v) is 4.05. The maximum Gasteiger partial charge on any atom is 0.330 e. The monoisotopic (exact) mass is 479 g/mol. The normalized spacial score (nSPS) is 23.6. The third-order valence-corrected chi connectivity index (χ3v) is 5.73. The summed E-state index contributed by atoms with van der Waals surface area (Å²) in [5.41, 5.74) is 8.05. The predicted molar refractivity (Wildman–Crippen MR) is 125 cm³/mol. The van der Waals surface area contributed by atoms with Gasteiger partial charge in [0.15, 0.2) is 6.23 Å². The van der Waals surface area contributed by atoms with Crippen LogP contribution in [0.5, 0.6) is 0 Å². The van der Waals surface area contributed by atoms with Crippen molar-refractivity contribution < 1.29 is 19.3 Å². The lowest BCUT2D eigenvalue weighted by Gasteiger charge is -2.33. The molecular formula is C24H25N5O6. The van der Waals surface area contributed by atoms with Gasteiger partial charge in [0.05, 0.1) is 26.4 Å². The maximum absolute atomic E-state index is 12.4. The van der Waals surface area contributed by atoms with Gasteiger partial charge in [-0.1, -0.05) is 65.8 Å². The van der Waals surface area contributed by atoms with E-state index in [1.807, 2.05) is 60.7 Å². The molecular weight excluding hydrogens is 454 g/mol. The molecule has 1 fully saturated rings. The molecule has 1 saturated heterocycles. The number of aromatic nitrogens is 2. The summed E-state index contributed by atoms with van der Waals surface area (Å²) >= 11 is 0. The zero-order valence-corrected chi connectivity index (χ0v) is 18.8. The average molecular weight is 479 g/mol. The molecule has 0 unspecified atom stereocenters. The topological polar surface area (TPSA) is 152 Å². The molecule has 2 aromatic carbocycles. The van der Waals surface area contributed by atoms with Crippen LogP contribution >= 0.6 is 0 Å². The minimum Gasteiger partial charge on any atom is -0.386 e. The number of aliphatic hydroxyl groups is 1. The lowest BCUT2D eigenvalue weighted by atomic mass is 9.95. The van der Waals surface area contributed by atoms with E-state index in [0.29, 0.717) is 0 Å². The molecule has 4 atom stereocenters. The molecule has 3 aromatic rings. The molecule has 2 N–H and O–H groups in total. The fraction of sp³-hybridized carbons (Fsp3) is 0.333. The second-order valence-corrected chi connectivity index (χ2v) is 8.17. The summed E-state index contributed by atoms with van der Waals surface area (Å²) in [6.07, 6.45) is -2.34. The van der Waals surface area contributed by atoms with Crippen molar-refractivity contribution >= 4 is 0 Å². The Bertz CT molecular complexity index is 1270. The molecule has 1 aliphatic heterocycles. The highest BCUT2D eigenvalue weighted by atomic mass is 16.6. The van der Waals surface area contributed by atoms with Gasteiger partial charge in [-0.05, 0) is 16.7 Å². The number of nitrogens with zero attached hydrogens (tertiary/aromatic N) is 4. The molecule has 35 heavy (non-hydrogen) atoms. The van der Waals surface area contributed by atoms with Crippen LogP contribution in [-0.4, -0.2) is 45.6 Å². The van der Waals surface area contributed by atoms with Crippen LogP contribution in [0.15, 0.2) is 87.6 Å². The molecule has 0 bridgehead atoms. The van der Waals surface area contributed by atoms with Crippen LogP contribution < -0.4 is 11.2 Å². The molecule has 0 aliphatic carbocycles. The average Bonchev–Trinajstić information content (AvgIpc) is 3.14. The van der Waals surface area contributed by atoms with Crippen LogP contribution in [0.4, 0.5) is 0 Å². The Morgan fingerprint density at radius 2 is 1.71 bits per heavy atom. The Kier molecular flexibility index (Phi) is 7.76. The van der Waals surface area contributed by atoms with Crippen molar-refractivity contribution in [2.75, 3.05) is 13.2 Å². The molecule has 182 valence electrons. The van der Waals surface area contributed by atoms with Gasteiger partial charge in [-0.3, -0.25) is 14.3 Å². The summed E-state index contributed by atoms with van der Waals surface area (Å²) in [7, 11) is 0. The number of azide groups is 1. The predicted octanol–water partition coefficient (Wildman–Crippen LogP) is 2.28. The van der Waals surface area contributed by atoms with E-state index in [1.54, 1.807) is 0 Å². The Morgan fingerprint density at radius 1 is 1.06 bits per heavy atom. The van der Waals surface area contributed by atoms with Crippen LogP contribution in [0, 0.1) is 0 Å². The first-order valence-corrected chi connectivity index (χ1v) is 11.0. The molecule has 0 spiro atoms. The third kappa shape index (κ3) is 5.68. The number of hydrogen-bond acceptors (Lipinski definition) is 7. The Balaban J connectivity index is 1.65. The van der Waals surface area contributed by atoms with Crippen molar-refractivity contribution in [3.63, 3.8) is 0 Å². The van der Waals surface area contributed by atoms with Gasteiger partial charge in [-0.25, -0.2) is 4.79 Å². The van der Waals surface area contributed by atoms with Crippen molar-refractivity contribution in [3.05, 3.63) is 115 Å².